The van der Waals surface area contributed by atoms with Crippen LogP contribution in [-0.4, -0.2) is 47.6 Å². The molecule has 0 aromatic heterocycles. The van der Waals surface area contributed by atoms with Crippen LogP contribution in [-0.2, 0) is 9.59 Å². The van der Waals surface area contributed by atoms with E-state index in [4.69, 9.17) is 0 Å². The molecule has 3 heterocycles. The summed E-state index contributed by atoms with van der Waals surface area (Å²) in [4.78, 5) is 26.1. The summed E-state index contributed by atoms with van der Waals surface area (Å²) in [6.45, 7) is 3.24. The third-order valence-corrected chi connectivity index (χ3v) is 5.52. The molecule has 4 aliphatic rings. The Morgan fingerprint density at radius 1 is 1.20 bits per heavy atom. The molecular formula is C15H24N2O3. The Kier molecular flexibility index (Phi) is 3.71. The van der Waals surface area contributed by atoms with Gasteiger partial charge in [0, 0.05) is 19.0 Å². The number of carbonyl (C=O) groups is 2. The molecule has 0 radical (unpaired) electrons. The van der Waals surface area contributed by atoms with E-state index in [0.717, 1.165) is 45.3 Å². The lowest BCUT2D eigenvalue weighted by atomic mass is 9.81. The first-order chi connectivity index (χ1) is 9.59. The molecule has 1 atom stereocenters. The van der Waals surface area contributed by atoms with Crippen molar-refractivity contribution in [2.75, 3.05) is 19.6 Å². The van der Waals surface area contributed by atoms with Gasteiger partial charge in [0.15, 0.2) is 0 Å². The molecule has 0 spiro atoms. The molecule has 1 amide bonds. The van der Waals surface area contributed by atoms with E-state index in [0.29, 0.717) is 18.8 Å². The summed E-state index contributed by atoms with van der Waals surface area (Å²) in [5, 5.41) is 12.5. The van der Waals surface area contributed by atoms with Crippen LogP contribution in [0.25, 0.3) is 0 Å². The van der Waals surface area contributed by atoms with Gasteiger partial charge in [0.05, 0.1) is 5.41 Å². The lowest BCUT2D eigenvalue weighted by Crippen LogP contribution is -2.57. The number of carboxylic acid groups (broad SMARTS) is 1. The van der Waals surface area contributed by atoms with Crippen LogP contribution in [0, 0.1) is 11.3 Å². The minimum absolute atomic E-state index is 0.0620. The molecule has 4 rings (SSSR count). The summed E-state index contributed by atoms with van der Waals surface area (Å²) in [5.41, 5.74) is -0.794. The van der Waals surface area contributed by atoms with Gasteiger partial charge < -0.3 is 15.3 Å². The van der Waals surface area contributed by atoms with E-state index in [1.165, 1.54) is 0 Å². The number of rotatable bonds is 4. The molecular weight excluding hydrogens is 256 g/mol. The second-order valence-electron chi connectivity index (χ2n) is 6.78. The summed E-state index contributed by atoms with van der Waals surface area (Å²) in [7, 11) is 0. The Labute approximate surface area is 119 Å². The molecule has 112 valence electrons. The standard InChI is InChI=1S/C15H24N2O3/c18-13(9-15(14(19)20)5-1-2-6-15)16-12-10-17-7-3-11(12)4-8-17/h11-12H,1-10H2,(H,16,18)(H,19,20). The number of carboxylic acids is 1. The van der Waals surface area contributed by atoms with Crippen LogP contribution < -0.4 is 5.32 Å². The van der Waals surface area contributed by atoms with Crippen LogP contribution in [0.4, 0.5) is 0 Å². The number of carbonyl (C=O) groups excluding carboxylic acids is 1. The lowest BCUT2D eigenvalue weighted by Gasteiger charge is -2.45. The first-order valence-electron chi connectivity index (χ1n) is 7.84. The SMILES string of the molecule is O=C(CC1(C(=O)O)CCCC1)NC1CN2CCC1CC2. The first-order valence-corrected chi connectivity index (χ1v) is 7.84. The van der Waals surface area contributed by atoms with Crippen LogP contribution >= 0.6 is 0 Å². The summed E-state index contributed by atoms with van der Waals surface area (Å²) in [5.74, 6) is -0.263. The fourth-order valence-electron chi connectivity index (χ4n) is 4.21. The topological polar surface area (TPSA) is 69.6 Å². The number of piperidine rings is 3. The minimum atomic E-state index is -0.794. The summed E-state index contributed by atoms with van der Waals surface area (Å²) in [6, 6.07) is 0.234. The Hall–Kier alpha value is -1.10. The number of hydrogen-bond acceptors (Lipinski definition) is 3. The van der Waals surface area contributed by atoms with Gasteiger partial charge in [0.25, 0.3) is 0 Å². The van der Waals surface area contributed by atoms with E-state index in [-0.39, 0.29) is 18.4 Å². The third kappa shape index (κ3) is 2.55. The van der Waals surface area contributed by atoms with Crippen LogP contribution in [0.3, 0.4) is 0 Å². The van der Waals surface area contributed by atoms with E-state index >= 15 is 0 Å². The molecule has 1 unspecified atom stereocenters. The highest BCUT2D eigenvalue weighted by Gasteiger charge is 2.44. The Morgan fingerprint density at radius 3 is 2.35 bits per heavy atom. The van der Waals surface area contributed by atoms with Crippen molar-refractivity contribution in [3.8, 4) is 0 Å². The maximum Gasteiger partial charge on any atom is 0.310 e. The van der Waals surface area contributed by atoms with E-state index in [1.807, 2.05) is 0 Å². The van der Waals surface area contributed by atoms with Gasteiger partial charge in [0.2, 0.25) is 5.91 Å². The number of hydrogen-bond donors (Lipinski definition) is 2. The second kappa shape index (κ2) is 5.35. The van der Waals surface area contributed by atoms with Crippen molar-refractivity contribution in [1.29, 1.82) is 0 Å². The number of fused-ring (bicyclic) bond motifs is 3. The van der Waals surface area contributed by atoms with E-state index in [9.17, 15) is 14.7 Å². The van der Waals surface area contributed by atoms with E-state index in [1.54, 1.807) is 0 Å². The maximum absolute atomic E-state index is 12.3. The zero-order valence-electron chi connectivity index (χ0n) is 11.9. The molecule has 1 saturated carbocycles. The van der Waals surface area contributed by atoms with E-state index < -0.39 is 11.4 Å². The molecule has 3 saturated heterocycles. The normalized spacial score (nSPS) is 34.9. The summed E-state index contributed by atoms with van der Waals surface area (Å²) < 4.78 is 0. The fraction of sp³-hybridized carbons (Fsp3) is 0.867. The van der Waals surface area contributed by atoms with Crippen LogP contribution in [0.1, 0.15) is 44.9 Å². The van der Waals surface area contributed by atoms with Gasteiger partial charge >= 0.3 is 5.97 Å². The molecule has 4 fully saturated rings. The number of amides is 1. The predicted molar refractivity (Wildman–Crippen MR) is 74.2 cm³/mol. The van der Waals surface area contributed by atoms with Crippen molar-refractivity contribution < 1.29 is 14.7 Å². The number of nitrogens with zero attached hydrogens (tertiary/aromatic N) is 1. The quantitative estimate of drug-likeness (QED) is 0.812. The average Bonchev–Trinajstić information content (AvgIpc) is 2.89. The van der Waals surface area contributed by atoms with Crippen molar-refractivity contribution in [2.24, 2.45) is 11.3 Å². The molecule has 5 nitrogen and oxygen atoms in total. The summed E-state index contributed by atoms with van der Waals surface area (Å²) >= 11 is 0. The van der Waals surface area contributed by atoms with Gasteiger partial charge in [-0.15, -0.1) is 0 Å². The minimum Gasteiger partial charge on any atom is -0.481 e. The molecule has 2 N–H and O–H groups in total. The van der Waals surface area contributed by atoms with Gasteiger partial charge in [-0.2, -0.15) is 0 Å². The highest BCUT2D eigenvalue weighted by atomic mass is 16.4. The Bertz CT molecular complexity index is 396. The molecule has 0 aromatic rings. The average molecular weight is 280 g/mol. The Balaban J connectivity index is 1.58. The summed E-state index contributed by atoms with van der Waals surface area (Å²) in [6.07, 6.45) is 5.64. The van der Waals surface area contributed by atoms with Crippen LogP contribution in [0.15, 0.2) is 0 Å². The molecule has 2 bridgehead atoms. The first kappa shape index (κ1) is 13.9. The van der Waals surface area contributed by atoms with Gasteiger partial charge in [-0.1, -0.05) is 12.8 Å². The third-order valence-electron chi connectivity index (χ3n) is 5.52. The molecule has 0 aromatic carbocycles. The van der Waals surface area contributed by atoms with Gasteiger partial charge in [-0.05, 0) is 44.7 Å². The van der Waals surface area contributed by atoms with Gasteiger partial charge in [-0.3, -0.25) is 9.59 Å². The molecule has 1 aliphatic carbocycles. The number of nitrogens with one attached hydrogen (secondary N) is 1. The van der Waals surface area contributed by atoms with Crippen molar-refractivity contribution in [3.63, 3.8) is 0 Å². The predicted octanol–water partition coefficient (Wildman–Crippen LogP) is 1.23. The molecule has 20 heavy (non-hydrogen) atoms. The lowest BCUT2D eigenvalue weighted by molar-refractivity contribution is -0.151. The monoisotopic (exact) mass is 280 g/mol. The Morgan fingerprint density at radius 2 is 1.85 bits per heavy atom. The van der Waals surface area contributed by atoms with Gasteiger partial charge in [-0.25, -0.2) is 0 Å². The van der Waals surface area contributed by atoms with Crippen molar-refractivity contribution >= 4 is 11.9 Å². The largest absolute Gasteiger partial charge is 0.481 e. The number of aliphatic carboxylic acids is 1. The molecule has 3 aliphatic heterocycles. The highest BCUT2D eigenvalue weighted by Crippen LogP contribution is 2.41. The fourth-order valence-corrected chi connectivity index (χ4v) is 4.21. The highest BCUT2D eigenvalue weighted by molar-refractivity contribution is 5.85. The molecule has 5 heteroatoms. The van der Waals surface area contributed by atoms with Crippen LogP contribution in [0.5, 0.6) is 0 Å². The van der Waals surface area contributed by atoms with Crippen molar-refractivity contribution in [2.45, 2.75) is 51.0 Å². The second-order valence-corrected chi connectivity index (χ2v) is 6.78. The zero-order chi connectivity index (χ0) is 14.2. The smallest absolute Gasteiger partial charge is 0.310 e. The van der Waals surface area contributed by atoms with Crippen LogP contribution in [0.2, 0.25) is 0 Å². The van der Waals surface area contributed by atoms with Gasteiger partial charge in [0.1, 0.15) is 0 Å². The maximum atomic E-state index is 12.3. The van der Waals surface area contributed by atoms with E-state index in [2.05, 4.69) is 10.2 Å². The van der Waals surface area contributed by atoms with Crippen molar-refractivity contribution in [3.05, 3.63) is 0 Å². The zero-order valence-corrected chi connectivity index (χ0v) is 11.9. The van der Waals surface area contributed by atoms with Crippen molar-refractivity contribution in [1.82, 2.24) is 10.2 Å².